The normalized spacial score (nSPS) is 16.5. The predicted octanol–water partition coefficient (Wildman–Crippen LogP) is 22.9. The van der Waals surface area contributed by atoms with Gasteiger partial charge in [-0.3, -0.25) is 24.0 Å². The molecule has 6 atom stereocenters. The molecule has 2 aliphatic rings. The lowest BCUT2D eigenvalue weighted by Gasteiger charge is -2.37. The number of ether oxygens (including phenoxy) is 9. The molecular weight excluding hydrogens is 1320 g/mol. The summed E-state index contributed by atoms with van der Waals surface area (Å²) in [5, 5.41) is 0. The molecule has 16 nitrogen and oxygen atoms in total. The summed E-state index contributed by atoms with van der Waals surface area (Å²) in [6.07, 6.45) is 57.4. The molecule has 0 spiro atoms. The highest BCUT2D eigenvalue weighted by Crippen LogP contribution is 2.37. The van der Waals surface area contributed by atoms with Crippen molar-refractivity contribution in [2.24, 2.45) is 23.7 Å². The van der Waals surface area contributed by atoms with E-state index in [1.54, 1.807) is 0 Å². The molecule has 0 aromatic heterocycles. The van der Waals surface area contributed by atoms with Crippen LogP contribution in [0.3, 0.4) is 0 Å². The second-order valence-electron chi connectivity index (χ2n) is 32.0. The van der Waals surface area contributed by atoms with Gasteiger partial charge >= 0.3 is 29.8 Å². The van der Waals surface area contributed by atoms with E-state index in [4.69, 9.17) is 42.6 Å². The van der Waals surface area contributed by atoms with Crippen LogP contribution in [0.4, 0.5) is 0 Å². The fraction of sp³-hybridized carbons (Fsp3) is 0.944. The van der Waals surface area contributed by atoms with Crippen molar-refractivity contribution in [2.45, 2.75) is 432 Å². The minimum atomic E-state index is -0.819. The standard InChI is InChI=1S/C89H168N2O14/c1-9-15-21-27-33-35-37-38-40-42-44-46-52-58-83(93)103-75-79(76-104-85(95)60-62-87(99-69-55-49-31-25-19-13-5)100-70-56-50-32-26-20-14-6)88(105-89(96)78-63-65-90(7)72-78)80-64-66-91(8)81(80)71-77(73-101-82(92)57-51-45-43-41-39-36-34-28-22-16-10-2)74-102-84(94)59-61-86(97-67-53-47-29-23-17-11-3)98-68-54-48-30-24-18-12-4/h77-81,86-88H,9-76H2,1-8H3. The fourth-order valence-corrected chi connectivity index (χ4v) is 15.1. The van der Waals surface area contributed by atoms with Crippen molar-refractivity contribution in [3.05, 3.63) is 0 Å². The van der Waals surface area contributed by atoms with Crippen molar-refractivity contribution in [1.82, 2.24) is 9.80 Å². The van der Waals surface area contributed by atoms with Gasteiger partial charge in [-0.25, -0.2) is 0 Å². The molecule has 0 N–H and O–H groups in total. The molecule has 0 aromatic carbocycles. The van der Waals surface area contributed by atoms with E-state index in [-0.39, 0.29) is 87.4 Å². The minimum Gasteiger partial charge on any atom is -0.465 e. The Hall–Kier alpha value is -2.89. The van der Waals surface area contributed by atoms with Crippen molar-refractivity contribution in [2.75, 3.05) is 86.6 Å². The molecule has 6 unspecified atom stereocenters. The molecule has 0 aliphatic carbocycles. The van der Waals surface area contributed by atoms with E-state index in [1.165, 1.54) is 212 Å². The summed E-state index contributed by atoms with van der Waals surface area (Å²) in [7, 11) is 4.08. The van der Waals surface area contributed by atoms with Crippen LogP contribution in [0.25, 0.3) is 0 Å². The van der Waals surface area contributed by atoms with Crippen molar-refractivity contribution in [3.63, 3.8) is 0 Å². The van der Waals surface area contributed by atoms with Gasteiger partial charge in [0.25, 0.3) is 0 Å². The molecule has 2 saturated heterocycles. The highest BCUT2D eigenvalue weighted by molar-refractivity contribution is 5.73. The van der Waals surface area contributed by atoms with Crippen molar-refractivity contribution in [3.8, 4) is 0 Å². The Balaban J connectivity index is 2.49. The third kappa shape index (κ3) is 56.1. The van der Waals surface area contributed by atoms with E-state index in [9.17, 15) is 24.0 Å². The van der Waals surface area contributed by atoms with Crippen molar-refractivity contribution < 1.29 is 66.6 Å². The van der Waals surface area contributed by atoms with E-state index in [2.05, 4.69) is 58.4 Å². The number of rotatable bonds is 78. The van der Waals surface area contributed by atoms with Gasteiger partial charge < -0.3 is 52.4 Å². The third-order valence-electron chi connectivity index (χ3n) is 22.0. The van der Waals surface area contributed by atoms with Gasteiger partial charge in [0.05, 0.1) is 37.9 Å². The van der Waals surface area contributed by atoms with E-state index in [1.807, 2.05) is 7.05 Å². The van der Waals surface area contributed by atoms with Gasteiger partial charge in [0.1, 0.15) is 19.3 Å². The quantitative estimate of drug-likeness (QED) is 0.0243. The molecule has 2 heterocycles. The SMILES string of the molecule is CCCCCCCCCCCCCCCC(=O)OCC(COC(=O)CCC(OCCCCCCCC)OCCCCCCCC)C(OC(=O)C1CCN(C)C1)C1CCN(C)C1CC(COC(=O)CCCCCCCCCCCCC)COC(=O)CCC(OCCCCCCCC)OCCCCCCCC. The molecule has 2 rings (SSSR count). The van der Waals surface area contributed by atoms with Crippen LogP contribution < -0.4 is 0 Å². The summed E-state index contributed by atoms with van der Waals surface area (Å²) in [5.41, 5.74) is 0. The van der Waals surface area contributed by atoms with Gasteiger partial charge in [-0.05, 0) is 85.0 Å². The Morgan fingerprint density at radius 1 is 0.343 bits per heavy atom. The molecular formula is C89H168N2O14. The first-order valence-electron chi connectivity index (χ1n) is 45.1. The lowest BCUT2D eigenvalue weighted by atomic mass is 9.82. The number of nitrogens with zero attached hydrogens (tertiary/aromatic N) is 2. The van der Waals surface area contributed by atoms with E-state index < -0.39 is 36.5 Å². The molecule has 0 bridgehead atoms. The topological polar surface area (TPSA) is 175 Å². The third-order valence-corrected chi connectivity index (χ3v) is 22.0. The zero-order valence-corrected chi connectivity index (χ0v) is 69.8. The van der Waals surface area contributed by atoms with Crippen LogP contribution in [0.1, 0.15) is 408 Å². The Morgan fingerprint density at radius 3 is 0.952 bits per heavy atom. The maximum Gasteiger partial charge on any atom is 0.310 e. The Morgan fingerprint density at radius 2 is 0.638 bits per heavy atom. The first-order chi connectivity index (χ1) is 51.4. The summed E-state index contributed by atoms with van der Waals surface area (Å²) in [4.78, 5) is 75.0. The molecule has 16 heteroatoms. The van der Waals surface area contributed by atoms with Gasteiger partial charge in [0, 0.05) is 76.5 Å². The van der Waals surface area contributed by atoms with Crippen molar-refractivity contribution in [1.29, 1.82) is 0 Å². The van der Waals surface area contributed by atoms with Crippen LogP contribution >= 0.6 is 0 Å². The zero-order valence-electron chi connectivity index (χ0n) is 69.8. The second-order valence-corrected chi connectivity index (χ2v) is 32.0. The highest BCUT2D eigenvalue weighted by Gasteiger charge is 2.46. The van der Waals surface area contributed by atoms with Gasteiger partial charge in [-0.2, -0.15) is 0 Å². The molecule has 0 radical (unpaired) electrons. The number of hydrogen-bond acceptors (Lipinski definition) is 16. The molecule has 0 saturated carbocycles. The number of carbonyl (C=O) groups excluding carboxylic acids is 5. The lowest BCUT2D eigenvalue weighted by Crippen LogP contribution is -2.46. The molecule has 0 amide bonds. The molecule has 0 aromatic rings. The molecule has 618 valence electrons. The summed E-state index contributed by atoms with van der Waals surface area (Å²) in [5.74, 6) is -3.44. The van der Waals surface area contributed by atoms with Crippen LogP contribution in [0.15, 0.2) is 0 Å². The monoisotopic (exact) mass is 1490 g/mol. The van der Waals surface area contributed by atoms with E-state index in [0.29, 0.717) is 78.0 Å². The zero-order chi connectivity index (χ0) is 76.1. The average Bonchev–Trinajstić information content (AvgIpc) is 1.70. The number of likely N-dealkylation sites (tertiary alicyclic amines) is 2. The number of hydrogen-bond donors (Lipinski definition) is 0. The van der Waals surface area contributed by atoms with Gasteiger partial charge in [0.2, 0.25) is 0 Å². The second kappa shape index (κ2) is 71.4. The average molecular weight is 1490 g/mol. The fourth-order valence-electron chi connectivity index (χ4n) is 15.1. The first-order valence-corrected chi connectivity index (χ1v) is 45.1. The van der Waals surface area contributed by atoms with Crippen LogP contribution in [0.2, 0.25) is 0 Å². The largest absolute Gasteiger partial charge is 0.465 e. The molecule has 2 aliphatic heterocycles. The maximum absolute atomic E-state index is 14.7. The Kier molecular flexibility index (Phi) is 66.8. The van der Waals surface area contributed by atoms with Crippen molar-refractivity contribution >= 4 is 29.8 Å². The lowest BCUT2D eigenvalue weighted by molar-refractivity contribution is -0.171. The summed E-state index contributed by atoms with van der Waals surface area (Å²) >= 11 is 0. The summed E-state index contributed by atoms with van der Waals surface area (Å²) < 4.78 is 57.1. The van der Waals surface area contributed by atoms with Crippen LogP contribution in [-0.4, -0.2) is 151 Å². The highest BCUT2D eigenvalue weighted by atomic mass is 16.7. The smallest absolute Gasteiger partial charge is 0.310 e. The Labute approximate surface area is 645 Å². The van der Waals surface area contributed by atoms with Gasteiger partial charge in [-0.1, -0.05) is 311 Å². The van der Waals surface area contributed by atoms with Gasteiger partial charge in [0.15, 0.2) is 12.6 Å². The number of carbonyl (C=O) groups is 5. The predicted molar refractivity (Wildman–Crippen MR) is 430 cm³/mol. The number of esters is 5. The number of unbranched alkanes of at least 4 members (excludes halogenated alkanes) is 42. The summed E-state index contributed by atoms with van der Waals surface area (Å²) in [6, 6.07) is -0.244. The van der Waals surface area contributed by atoms with E-state index >= 15 is 0 Å². The molecule has 105 heavy (non-hydrogen) atoms. The van der Waals surface area contributed by atoms with Gasteiger partial charge in [-0.15, -0.1) is 0 Å². The van der Waals surface area contributed by atoms with Crippen LogP contribution in [0, 0.1) is 23.7 Å². The summed E-state index contributed by atoms with van der Waals surface area (Å²) in [6.45, 7) is 17.5. The minimum absolute atomic E-state index is 0.0204. The Bertz CT molecular complexity index is 1960. The van der Waals surface area contributed by atoms with Crippen LogP contribution in [0.5, 0.6) is 0 Å². The van der Waals surface area contributed by atoms with Crippen LogP contribution in [-0.2, 0) is 66.6 Å². The molecule has 2 fully saturated rings. The van der Waals surface area contributed by atoms with E-state index in [0.717, 1.165) is 103 Å². The first kappa shape index (κ1) is 98.2. The maximum atomic E-state index is 14.7.